The van der Waals surface area contributed by atoms with Gasteiger partial charge in [0.2, 0.25) is 0 Å². The lowest BCUT2D eigenvalue weighted by atomic mass is 10.5. The van der Waals surface area contributed by atoms with Gasteiger partial charge in [0.1, 0.15) is 5.01 Å². The van der Waals surface area contributed by atoms with Gasteiger partial charge in [0.25, 0.3) is 0 Å². The summed E-state index contributed by atoms with van der Waals surface area (Å²) in [5.41, 5.74) is 0. The van der Waals surface area contributed by atoms with E-state index in [1.54, 1.807) is 22.7 Å². The number of thiophene rings is 1. The molecule has 16 heavy (non-hydrogen) atoms. The Morgan fingerprint density at radius 2 is 2.25 bits per heavy atom. The van der Waals surface area contributed by atoms with Crippen molar-refractivity contribution in [2.45, 2.75) is 25.4 Å². The zero-order valence-electron chi connectivity index (χ0n) is 8.57. The zero-order valence-corrected chi connectivity index (χ0v) is 11.8. The van der Waals surface area contributed by atoms with Crippen LogP contribution in [0, 0.1) is 0 Å². The first-order valence-electron chi connectivity index (χ1n) is 5.25. The lowest BCUT2D eigenvalue weighted by Gasteiger charge is -1.96. The molecule has 5 heteroatoms. The van der Waals surface area contributed by atoms with Crippen LogP contribution in [0.3, 0.4) is 0 Å². The highest BCUT2D eigenvalue weighted by molar-refractivity contribution is 9.11. The maximum atomic E-state index is 4.47. The van der Waals surface area contributed by atoms with Crippen LogP contribution in [0.25, 0.3) is 9.88 Å². The standard InChI is InChI=1S/C11H11BrN2S2/c12-10-4-3-9(16-10)11-14-6-8(15-11)5-13-7-1-2-7/h3-4,6-7,13H,1-2,5H2. The summed E-state index contributed by atoms with van der Waals surface area (Å²) in [6.07, 6.45) is 4.66. The first-order valence-corrected chi connectivity index (χ1v) is 7.67. The quantitative estimate of drug-likeness (QED) is 0.926. The van der Waals surface area contributed by atoms with E-state index < -0.39 is 0 Å². The van der Waals surface area contributed by atoms with Gasteiger partial charge in [-0.25, -0.2) is 4.98 Å². The van der Waals surface area contributed by atoms with Crippen molar-refractivity contribution in [3.8, 4) is 9.88 Å². The smallest absolute Gasteiger partial charge is 0.133 e. The predicted molar refractivity (Wildman–Crippen MR) is 73.0 cm³/mol. The molecule has 84 valence electrons. The highest BCUT2D eigenvalue weighted by atomic mass is 79.9. The minimum Gasteiger partial charge on any atom is -0.309 e. The van der Waals surface area contributed by atoms with Crippen LogP contribution in [0.4, 0.5) is 0 Å². The fourth-order valence-electron chi connectivity index (χ4n) is 1.46. The van der Waals surface area contributed by atoms with E-state index in [1.807, 2.05) is 6.20 Å². The Bertz CT molecular complexity index is 488. The molecule has 1 saturated carbocycles. The molecule has 2 aromatic heterocycles. The molecule has 2 aromatic rings. The van der Waals surface area contributed by atoms with Crippen LogP contribution >= 0.6 is 38.6 Å². The lowest BCUT2D eigenvalue weighted by molar-refractivity contribution is 0.694. The topological polar surface area (TPSA) is 24.9 Å². The summed E-state index contributed by atoms with van der Waals surface area (Å²) in [6, 6.07) is 4.95. The Morgan fingerprint density at radius 1 is 1.38 bits per heavy atom. The fourth-order valence-corrected chi connectivity index (χ4v) is 3.78. The summed E-state index contributed by atoms with van der Waals surface area (Å²) in [6.45, 7) is 0.967. The van der Waals surface area contributed by atoms with E-state index in [1.165, 1.54) is 22.6 Å². The van der Waals surface area contributed by atoms with Gasteiger partial charge >= 0.3 is 0 Å². The van der Waals surface area contributed by atoms with Gasteiger partial charge in [-0.15, -0.1) is 22.7 Å². The second-order valence-corrected chi connectivity index (χ2v) is 7.47. The molecule has 3 rings (SSSR count). The van der Waals surface area contributed by atoms with E-state index in [2.05, 4.69) is 38.4 Å². The summed E-state index contributed by atoms with van der Waals surface area (Å²) in [5.74, 6) is 0. The molecule has 0 bridgehead atoms. The molecule has 2 heterocycles. The molecule has 1 fully saturated rings. The Morgan fingerprint density at radius 3 is 2.94 bits per heavy atom. The highest BCUT2D eigenvalue weighted by Crippen LogP contribution is 2.33. The Labute approximate surface area is 111 Å². The second kappa shape index (κ2) is 4.56. The molecule has 0 atom stereocenters. The van der Waals surface area contributed by atoms with Crippen molar-refractivity contribution in [3.63, 3.8) is 0 Å². The van der Waals surface area contributed by atoms with Crippen molar-refractivity contribution in [3.05, 3.63) is 27.0 Å². The number of thiazole rings is 1. The molecule has 0 aliphatic heterocycles. The van der Waals surface area contributed by atoms with Crippen LogP contribution in [0.5, 0.6) is 0 Å². The molecule has 1 aliphatic rings. The monoisotopic (exact) mass is 314 g/mol. The van der Waals surface area contributed by atoms with Crippen LogP contribution in [0.15, 0.2) is 22.1 Å². The molecule has 0 unspecified atom stereocenters. The third-order valence-corrected chi connectivity index (χ3v) is 5.27. The fraction of sp³-hybridized carbons (Fsp3) is 0.364. The maximum Gasteiger partial charge on any atom is 0.133 e. The largest absolute Gasteiger partial charge is 0.309 e. The average molecular weight is 315 g/mol. The molecule has 0 saturated heterocycles. The van der Waals surface area contributed by atoms with Gasteiger partial charge in [-0.3, -0.25) is 0 Å². The Balaban J connectivity index is 1.71. The van der Waals surface area contributed by atoms with E-state index in [9.17, 15) is 0 Å². The van der Waals surface area contributed by atoms with Gasteiger partial charge in [0, 0.05) is 23.7 Å². The molecule has 0 radical (unpaired) electrons. The van der Waals surface area contributed by atoms with E-state index in [0.717, 1.165) is 21.4 Å². The van der Waals surface area contributed by atoms with Crippen molar-refractivity contribution in [2.75, 3.05) is 0 Å². The van der Waals surface area contributed by atoms with Crippen LogP contribution in [-0.2, 0) is 6.54 Å². The summed E-state index contributed by atoms with van der Waals surface area (Å²) in [7, 11) is 0. The number of hydrogen-bond donors (Lipinski definition) is 1. The lowest BCUT2D eigenvalue weighted by Crippen LogP contribution is -2.14. The normalized spacial score (nSPS) is 15.6. The summed E-state index contributed by atoms with van der Waals surface area (Å²) >= 11 is 7.00. The minimum absolute atomic E-state index is 0.765. The van der Waals surface area contributed by atoms with Crippen molar-refractivity contribution in [1.29, 1.82) is 0 Å². The first-order chi connectivity index (χ1) is 7.81. The molecule has 2 nitrogen and oxygen atoms in total. The Hall–Kier alpha value is -0.230. The van der Waals surface area contributed by atoms with E-state index >= 15 is 0 Å². The maximum absolute atomic E-state index is 4.47. The van der Waals surface area contributed by atoms with Crippen LogP contribution < -0.4 is 5.32 Å². The number of aromatic nitrogens is 1. The van der Waals surface area contributed by atoms with E-state index in [0.29, 0.717) is 0 Å². The van der Waals surface area contributed by atoms with Crippen LogP contribution in [0.1, 0.15) is 17.7 Å². The van der Waals surface area contributed by atoms with Gasteiger partial charge in [0.15, 0.2) is 0 Å². The molecule has 1 N–H and O–H groups in total. The average Bonchev–Trinajstić information content (AvgIpc) is 2.81. The summed E-state index contributed by atoms with van der Waals surface area (Å²) in [5, 5.41) is 4.64. The minimum atomic E-state index is 0.765. The summed E-state index contributed by atoms with van der Waals surface area (Å²) < 4.78 is 1.16. The summed E-state index contributed by atoms with van der Waals surface area (Å²) in [4.78, 5) is 7.04. The molecule has 0 amide bonds. The molecule has 0 aromatic carbocycles. The highest BCUT2D eigenvalue weighted by Gasteiger charge is 2.20. The number of rotatable bonds is 4. The van der Waals surface area contributed by atoms with Crippen LogP contribution in [0.2, 0.25) is 0 Å². The predicted octanol–water partition coefficient (Wildman–Crippen LogP) is 3.89. The van der Waals surface area contributed by atoms with Crippen molar-refractivity contribution in [2.24, 2.45) is 0 Å². The van der Waals surface area contributed by atoms with Crippen molar-refractivity contribution in [1.82, 2.24) is 10.3 Å². The molecular formula is C11H11BrN2S2. The Kier molecular flexibility index (Phi) is 3.11. The van der Waals surface area contributed by atoms with Gasteiger partial charge in [0.05, 0.1) is 8.66 Å². The van der Waals surface area contributed by atoms with Gasteiger partial charge in [-0.1, -0.05) is 0 Å². The number of halogens is 1. The number of hydrogen-bond acceptors (Lipinski definition) is 4. The first kappa shape index (κ1) is 10.9. The molecule has 0 spiro atoms. The van der Waals surface area contributed by atoms with E-state index in [-0.39, 0.29) is 0 Å². The third kappa shape index (κ3) is 2.53. The van der Waals surface area contributed by atoms with Gasteiger partial charge < -0.3 is 5.32 Å². The number of nitrogens with zero attached hydrogens (tertiary/aromatic N) is 1. The van der Waals surface area contributed by atoms with Gasteiger partial charge in [-0.05, 0) is 40.9 Å². The SMILES string of the molecule is Brc1ccc(-c2ncc(CNC3CC3)s2)s1. The third-order valence-electron chi connectivity index (χ3n) is 2.48. The molecule has 1 aliphatic carbocycles. The van der Waals surface area contributed by atoms with E-state index in [4.69, 9.17) is 0 Å². The van der Waals surface area contributed by atoms with Crippen molar-refractivity contribution >= 4 is 38.6 Å². The van der Waals surface area contributed by atoms with Crippen molar-refractivity contribution < 1.29 is 0 Å². The number of nitrogens with one attached hydrogen (secondary N) is 1. The van der Waals surface area contributed by atoms with Crippen LogP contribution in [-0.4, -0.2) is 11.0 Å². The molecular weight excluding hydrogens is 304 g/mol. The van der Waals surface area contributed by atoms with Gasteiger partial charge in [-0.2, -0.15) is 0 Å². The zero-order chi connectivity index (χ0) is 11.0. The second-order valence-electron chi connectivity index (χ2n) is 3.89.